The Morgan fingerprint density at radius 1 is 1.29 bits per heavy atom. The number of carbonyl (C=O) groups is 1. The van der Waals surface area contributed by atoms with Gasteiger partial charge < -0.3 is 15.1 Å². The van der Waals surface area contributed by atoms with Crippen molar-refractivity contribution in [2.24, 2.45) is 0 Å². The topological polar surface area (TPSA) is 91.7 Å². The summed E-state index contributed by atoms with van der Waals surface area (Å²) in [5.41, 5.74) is 0.288. The van der Waals surface area contributed by atoms with Gasteiger partial charge in [0.2, 0.25) is 5.09 Å². The van der Waals surface area contributed by atoms with Crippen molar-refractivity contribution in [2.45, 2.75) is 55.8 Å². The lowest BCUT2D eigenvalue weighted by Gasteiger charge is -2.29. The molecule has 2 N–H and O–H groups in total. The summed E-state index contributed by atoms with van der Waals surface area (Å²) in [5.74, 6) is 0.0533. The minimum atomic E-state index is -3.68. The SMILES string of the molecule is Cc1oc(S(=O)(=O)N(C)C)cc1C(=O)NC1CC2CCC(C1)N2.Cl. The fraction of sp³-hybridized carbons (Fsp3) is 0.667. The molecule has 3 rings (SSSR count). The van der Waals surface area contributed by atoms with E-state index in [1.54, 1.807) is 6.92 Å². The second-order valence-corrected chi connectivity index (χ2v) is 8.69. The highest BCUT2D eigenvalue weighted by molar-refractivity contribution is 7.88. The van der Waals surface area contributed by atoms with Crippen LogP contribution in [0.4, 0.5) is 0 Å². The molecule has 2 atom stereocenters. The Kier molecular flexibility index (Phi) is 5.64. The second kappa shape index (κ2) is 7.03. The second-order valence-electron chi connectivity index (χ2n) is 6.60. The quantitative estimate of drug-likeness (QED) is 0.824. The molecule has 2 bridgehead atoms. The Labute approximate surface area is 148 Å². The summed E-state index contributed by atoms with van der Waals surface area (Å²) in [7, 11) is -0.819. The van der Waals surface area contributed by atoms with Crippen LogP contribution in [-0.4, -0.2) is 50.9 Å². The lowest BCUT2D eigenvalue weighted by Crippen LogP contribution is -2.48. The van der Waals surface area contributed by atoms with E-state index < -0.39 is 10.0 Å². The first-order valence-electron chi connectivity index (χ1n) is 7.87. The molecule has 2 unspecified atom stereocenters. The Hall–Kier alpha value is -1.09. The van der Waals surface area contributed by atoms with Crippen LogP contribution >= 0.6 is 12.4 Å². The molecule has 3 heterocycles. The predicted octanol–water partition coefficient (Wildman–Crippen LogP) is 1.27. The van der Waals surface area contributed by atoms with Gasteiger partial charge in [-0.05, 0) is 32.6 Å². The zero-order valence-electron chi connectivity index (χ0n) is 14.0. The summed E-state index contributed by atoms with van der Waals surface area (Å²) in [6, 6.07) is 2.41. The van der Waals surface area contributed by atoms with Crippen molar-refractivity contribution in [1.29, 1.82) is 0 Å². The van der Waals surface area contributed by atoms with E-state index in [0.29, 0.717) is 17.8 Å². The number of hydrogen-bond acceptors (Lipinski definition) is 5. The van der Waals surface area contributed by atoms with Gasteiger partial charge in [0, 0.05) is 38.3 Å². The first kappa shape index (κ1) is 19.2. The molecule has 0 aromatic carbocycles. The first-order valence-corrected chi connectivity index (χ1v) is 9.31. The van der Waals surface area contributed by atoms with Gasteiger partial charge in [-0.3, -0.25) is 4.79 Å². The molecular weight excluding hydrogens is 354 g/mol. The number of nitrogens with one attached hydrogen (secondary N) is 2. The van der Waals surface area contributed by atoms with Crippen LogP contribution < -0.4 is 10.6 Å². The van der Waals surface area contributed by atoms with Gasteiger partial charge in [-0.1, -0.05) is 0 Å². The van der Waals surface area contributed by atoms with Crippen LogP contribution in [0.15, 0.2) is 15.6 Å². The summed E-state index contributed by atoms with van der Waals surface area (Å²) >= 11 is 0. The number of rotatable bonds is 4. The minimum absolute atomic E-state index is 0. The third-order valence-corrected chi connectivity index (χ3v) is 6.35. The van der Waals surface area contributed by atoms with Gasteiger partial charge in [-0.2, -0.15) is 0 Å². The lowest BCUT2D eigenvalue weighted by molar-refractivity contribution is 0.0922. The third kappa shape index (κ3) is 3.61. The van der Waals surface area contributed by atoms with Crippen LogP contribution in [0, 0.1) is 6.92 Å². The highest BCUT2D eigenvalue weighted by Crippen LogP contribution is 2.27. The summed E-state index contributed by atoms with van der Waals surface area (Å²) in [6.45, 7) is 1.61. The van der Waals surface area contributed by atoms with Gasteiger partial charge in [-0.25, -0.2) is 12.7 Å². The van der Waals surface area contributed by atoms with Crippen LogP contribution in [0.3, 0.4) is 0 Å². The number of aryl methyl sites for hydroxylation is 1. The van der Waals surface area contributed by atoms with Crippen molar-refractivity contribution in [3.05, 3.63) is 17.4 Å². The number of amides is 1. The van der Waals surface area contributed by atoms with Crippen LogP contribution in [0.1, 0.15) is 41.8 Å². The predicted molar refractivity (Wildman–Crippen MR) is 92.0 cm³/mol. The fourth-order valence-corrected chi connectivity index (χ4v) is 4.28. The Balaban J connectivity index is 0.00000208. The van der Waals surface area contributed by atoms with E-state index in [1.807, 2.05) is 0 Å². The molecule has 1 amide bonds. The number of hydrogen-bond donors (Lipinski definition) is 2. The van der Waals surface area contributed by atoms with Gasteiger partial charge in [0.25, 0.3) is 15.9 Å². The van der Waals surface area contributed by atoms with Crippen molar-refractivity contribution in [1.82, 2.24) is 14.9 Å². The molecule has 2 fully saturated rings. The molecule has 24 heavy (non-hydrogen) atoms. The first-order chi connectivity index (χ1) is 10.8. The van der Waals surface area contributed by atoms with Crippen LogP contribution in [0.25, 0.3) is 0 Å². The number of piperidine rings is 1. The molecule has 136 valence electrons. The van der Waals surface area contributed by atoms with E-state index in [1.165, 1.54) is 20.2 Å². The molecule has 9 heteroatoms. The molecule has 1 aromatic rings. The van der Waals surface area contributed by atoms with E-state index in [4.69, 9.17) is 4.42 Å². The number of carbonyl (C=O) groups excluding carboxylic acids is 1. The molecule has 0 aliphatic carbocycles. The number of halogens is 1. The summed E-state index contributed by atoms with van der Waals surface area (Å²) in [6.07, 6.45) is 4.16. The van der Waals surface area contributed by atoms with Crippen LogP contribution in [0.2, 0.25) is 0 Å². The van der Waals surface area contributed by atoms with Crippen LogP contribution in [-0.2, 0) is 10.0 Å². The van der Waals surface area contributed by atoms with E-state index in [0.717, 1.165) is 30.0 Å². The van der Waals surface area contributed by atoms with Crippen molar-refractivity contribution in [3.63, 3.8) is 0 Å². The maximum absolute atomic E-state index is 12.5. The van der Waals surface area contributed by atoms with Crippen molar-refractivity contribution >= 4 is 28.3 Å². The Bertz CT molecular complexity index is 704. The summed E-state index contributed by atoms with van der Waals surface area (Å²) < 4.78 is 30.6. The van der Waals surface area contributed by atoms with Crippen LogP contribution in [0.5, 0.6) is 0 Å². The Morgan fingerprint density at radius 3 is 2.42 bits per heavy atom. The molecule has 7 nitrogen and oxygen atoms in total. The van der Waals surface area contributed by atoms with Crippen molar-refractivity contribution < 1.29 is 17.6 Å². The van der Waals surface area contributed by atoms with E-state index in [2.05, 4.69) is 10.6 Å². The van der Waals surface area contributed by atoms with Gasteiger partial charge >= 0.3 is 0 Å². The van der Waals surface area contributed by atoms with E-state index in [-0.39, 0.29) is 35.0 Å². The summed E-state index contributed by atoms with van der Waals surface area (Å²) in [4.78, 5) is 12.5. The number of furan rings is 1. The average Bonchev–Trinajstić information content (AvgIpc) is 3.02. The number of fused-ring (bicyclic) bond motifs is 2. The molecule has 0 spiro atoms. The molecule has 0 radical (unpaired) electrons. The molecule has 1 aromatic heterocycles. The molecule has 2 aliphatic heterocycles. The van der Waals surface area contributed by atoms with Crippen molar-refractivity contribution in [2.75, 3.05) is 14.1 Å². The van der Waals surface area contributed by atoms with Gasteiger partial charge in [0.1, 0.15) is 5.76 Å². The maximum atomic E-state index is 12.5. The number of sulfonamides is 1. The highest BCUT2D eigenvalue weighted by atomic mass is 35.5. The Morgan fingerprint density at radius 2 is 1.88 bits per heavy atom. The van der Waals surface area contributed by atoms with E-state index >= 15 is 0 Å². The molecule has 2 saturated heterocycles. The molecule has 2 aliphatic rings. The molecule has 0 saturated carbocycles. The minimum Gasteiger partial charge on any atom is -0.448 e. The third-order valence-electron chi connectivity index (χ3n) is 4.68. The monoisotopic (exact) mass is 377 g/mol. The normalized spacial score (nSPS) is 26.2. The van der Waals surface area contributed by atoms with Gasteiger partial charge in [0.15, 0.2) is 0 Å². The largest absolute Gasteiger partial charge is 0.448 e. The van der Waals surface area contributed by atoms with E-state index in [9.17, 15) is 13.2 Å². The zero-order valence-corrected chi connectivity index (χ0v) is 15.7. The van der Waals surface area contributed by atoms with Crippen molar-refractivity contribution in [3.8, 4) is 0 Å². The number of nitrogens with zero attached hydrogens (tertiary/aromatic N) is 1. The lowest BCUT2D eigenvalue weighted by atomic mass is 9.99. The average molecular weight is 378 g/mol. The molecular formula is C15H24ClN3O4S. The highest BCUT2D eigenvalue weighted by Gasteiger charge is 2.34. The fourth-order valence-electron chi connectivity index (χ4n) is 3.43. The van der Waals surface area contributed by atoms with Gasteiger partial charge in [-0.15, -0.1) is 12.4 Å². The zero-order chi connectivity index (χ0) is 16.8. The summed E-state index contributed by atoms with van der Waals surface area (Å²) in [5, 5.41) is 6.35. The smallest absolute Gasteiger partial charge is 0.275 e. The standard InChI is InChI=1S/C15H23N3O4S.ClH/c1-9-13(8-14(22-9)23(20,21)18(2)3)15(19)17-12-6-10-4-5-11(7-12)16-10;/h8,10-12,16H,4-7H2,1-3H3,(H,17,19);1H. The van der Waals surface area contributed by atoms with Gasteiger partial charge in [0.05, 0.1) is 5.56 Å². The maximum Gasteiger partial charge on any atom is 0.275 e.